The van der Waals surface area contributed by atoms with Crippen LogP contribution < -0.4 is 4.74 Å². The van der Waals surface area contributed by atoms with E-state index in [9.17, 15) is 9.59 Å². The number of hydrogen-bond acceptors (Lipinski definition) is 7. The SMILES string of the molecule is COC(=O)c1onc(-c2ccc(OC)cc2)c1C(=O)OC. The molecule has 0 bridgehead atoms. The van der Waals surface area contributed by atoms with Crippen LogP contribution in [-0.4, -0.2) is 38.4 Å². The van der Waals surface area contributed by atoms with Gasteiger partial charge in [0.1, 0.15) is 17.0 Å². The minimum atomic E-state index is -0.803. The molecule has 1 aromatic carbocycles. The smallest absolute Gasteiger partial charge is 0.377 e. The molecule has 0 fully saturated rings. The Bertz CT molecular complexity index is 659. The van der Waals surface area contributed by atoms with Crippen LogP contribution in [0.15, 0.2) is 28.8 Å². The molecule has 2 aromatic rings. The quantitative estimate of drug-likeness (QED) is 0.795. The zero-order valence-corrected chi connectivity index (χ0v) is 11.7. The minimum Gasteiger partial charge on any atom is -0.497 e. The Morgan fingerprint density at radius 3 is 2.14 bits per heavy atom. The van der Waals surface area contributed by atoms with Gasteiger partial charge < -0.3 is 18.7 Å². The Morgan fingerprint density at radius 1 is 1.00 bits per heavy atom. The summed E-state index contributed by atoms with van der Waals surface area (Å²) in [7, 11) is 3.92. The molecule has 0 aliphatic carbocycles. The van der Waals surface area contributed by atoms with Gasteiger partial charge in [-0.2, -0.15) is 0 Å². The molecule has 0 aliphatic heterocycles. The third kappa shape index (κ3) is 2.71. The summed E-state index contributed by atoms with van der Waals surface area (Å²) >= 11 is 0. The highest BCUT2D eigenvalue weighted by atomic mass is 16.6. The summed E-state index contributed by atoms with van der Waals surface area (Å²) < 4.78 is 19.2. The largest absolute Gasteiger partial charge is 0.497 e. The molecule has 110 valence electrons. The first kappa shape index (κ1) is 14.6. The van der Waals surface area contributed by atoms with Gasteiger partial charge in [0.05, 0.1) is 21.3 Å². The summed E-state index contributed by atoms with van der Waals surface area (Å²) in [6.45, 7) is 0. The summed E-state index contributed by atoms with van der Waals surface area (Å²) in [5, 5.41) is 3.76. The van der Waals surface area contributed by atoms with E-state index in [1.165, 1.54) is 14.2 Å². The number of methoxy groups -OCH3 is 3. The second-order valence-electron chi connectivity index (χ2n) is 3.95. The number of rotatable bonds is 4. The maximum atomic E-state index is 11.9. The summed E-state index contributed by atoms with van der Waals surface area (Å²) in [6.07, 6.45) is 0. The van der Waals surface area contributed by atoms with Crippen molar-refractivity contribution in [1.82, 2.24) is 5.16 Å². The molecule has 0 spiro atoms. The van der Waals surface area contributed by atoms with Crippen molar-refractivity contribution < 1.29 is 28.3 Å². The van der Waals surface area contributed by atoms with E-state index in [2.05, 4.69) is 14.6 Å². The summed E-state index contributed by atoms with van der Waals surface area (Å²) in [5.74, 6) is -1.18. The van der Waals surface area contributed by atoms with E-state index in [-0.39, 0.29) is 17.0 Å². The number of benzene rings is 1. The van der Waals surface area contributed by atoms with Crippen molar-refractivity contribution >= 4 is 11.9 Å². The van der Waals surface area contributed by atoms with Gasteiger partial charge in [0.25, 0.3) is 5.76 Å². The van der Waals surface area contributed by atoms with Gasteiger partial charge in [-0.05, 0) is 24.3 Å². The molecule has 0 atom stereocenters. The van der Waals surface area contributed by atoms with Crippen molar-refractivity contribution in [2.45, 2.75) is 0 Å². The highest BCUT2D eigenvalue weighted by Gasteiger charge is 2.29. The number of ether oxygens (including phenoxy) is 3. The van der Waals surface area contributed by atoms with Crippen molar-refractivity contribution in [1.29, 1.82) is 0 Å². The van der Waals surface area contributed by atoms with Crippen LogP contribution in [0.4, 0.5) is 0 Å². The number of carbonyl (C=O) groups is 2. The molecular formula is C14H13NO6. The van der Waals surface area contributed by atoms with Gasteiger partial charge in [-0.3, -0.25) is 0 Å². The molecule has 21 heavy (non-hydrogen) atoms. The molecule has 0 amide bonds. The zero-order chi connectivity index (χ0) is 15.4. The first-order valence-electron chi connectivity index (χ1n) is 5.93. The zero-order valence-electron chi connectivity index (χ0n) is 11.7. The Hall–Kier alpha value is -2.83. The van der Waals surface area contributed by atoms with Crippen LogP contribution in [0.25, 0.3) is 11.3 Å². The lowest BCUT2D eigenvalue weighted by Crippen LogP contribution is -2.10. The predicted molar refractivity (Wildman–Crippen MR) is 71.2 cm³/mol. The van der Waals surface area contributed by atoms with Gasteiger partial charge in [-0.15, -0.1) is 0 Å². The van der Waals surface area contributed by atoms with E-state index in [1.54, 1.807) is 31.4 Å². The van der Waals surface area contributed by atoms with Crippen molar-refractivity contribution in [3.63, 3.8) is 0 Å². The topological polar surface area (TPSA) is 87.9 Å². The molecule has 2 rings (SSSR count). The van der Waals surface area contributed by atoms with E-state index in [0.29, 0.717) is 11.3 Å². The summed E-state index contributed by atoms with van der Waals surface area (Å²) in [4.78, 5) is 23.5. The highest BCUT2D eigenvalue weighted by molar-refractivity contribution is 6.05. The third-order valence-electron chi connectivity index (χ3n) is 2.82. The van der Waals surface area contributed by atoms with E-state index >= 15 is 0 Å². The molecule has 0 saturated carbocycles. The molecule has 0 unspecified atom stereocenters. The van der Waals surface area contributed by atoms with Gasteiger partial charge in [-0.1, -0.05) is 5.16 Å². The number of hydrogen-bond donors (Lipinski definition) is 0. The van der Waals surface area contributed by atoms with Gasteiger partial charge in [-0.25, -0.2) is 9.59 Å². The van der Waals surface area contributed by atoms with Crippen LogP contribution >= 0.6 is 0 Å². The van der Waals surface area contributed by atoms with Gasteiger partial charge >= 0.3 is 11.9 Å². The minimum absolute atomic E-state index is 0.0745. The van der Waals surface area contributed by atoms with Crippen molar-refractivity contribution in [3.8, 4) is 17.0 Å². The molecule has 0 N–H and O–H groups in total. The fourth-order valence-electron chi connectivity index (χ4n) is 1.76. The summed E-state index contributed by atoms with van der Waals surface area (Å²) in [5.41, 5.74) is 0.703. The normalized spacial score (nSPS) is 10.0. The Kier molecular flexibility index (Phi) is 4.22. The highest BCUT2D eigenvalue weighted by Crippen LogP contribution is 2.28. The number of esters is 2. The van der Waals surface area contributed by atoms with Crippen molar-refractivity contribution in [2.75, 3.05) is 21.3 Å². The van der Waals surface area contributed by atoms with Crippen LogP contribution in [0.2, 0.25) is 0 Å². The molecule has 1 heterocycles. The molecule has 0 saturated heterocycles. The van der Waals surface area contributed by atoms with E-state index in [4.69, 9.17) is 9.26 Å². The van der Waals surface area contributed by atoms with Crippen LogP contribution in [0, 0.1) is 0 Å². The van der Waals surface area contributed by atoms with E-state index < -0.39 is 11.9 Å². The third-order valence-corrected chi connectivity index (χ3v) is 2.82. The maximum Gasteiger partial charge on any atom is 0.377 e. The monoisotopic (exact) mass is 291 g/mol. The fourth-order valence-corrected chi connectivity index (χ4v) is 1.76. The van der Waals surface area contributed by atoms with Crippen LogP contribution in [0.1, 0.15) is 20.9 Å². The lowest BCUT2D eigenvalue weighted by molar-refractivity contribution is 0.0521. The maximum absolute atomic E-state index is 11.9. The lowest BCUT2D eigenvalue weighted by Gasteiger charge is -2.03. The van der Waals surface area contributed by atoms with Gasteiger partial charge in [0, 0.05) is 5.56 Å². The number of nitrogens with zero attached hydrogens (tertiary/aromatic N) is 1. The predicted octanol–water partition coefficient (Wildman–Crippen LogP) is 1.92. The van der Waals surface area contributed by atoms with Gasteiger partial charge in [0.15, 0.2) is 0 Å². The van der Waals surface area contributed by atoms with Crippen LogP contribution in [0.3, 0.4) is 0 Å². The molecule has 0 aliphatic rings. The Labute approximate surface area is 120 Å². The lowest BCUT2D eigenvalue weighted by atomic mass is 10.1. The Balaban J connectivity index is 2.54. The summed E-state index contributed by atoms with van der Waals surface area (Å²) in [6, 6.07) is 6.76. The standard InChI is InChI=1S/C14H13NO6/c1-18-9-6-4-8(5-7-9)11-10(13(16)19-2)12(21-15-11)14(17)20-3/h4-7H,1-3H3. The van der Waals surface area contributed by atoms with Crippen LogP contribution in [-0.2, 0) is 9.47 Å². The second kappa shape index (κ2) is 6.08. The molecule has 7 heteroatoms. The first-order valence-corrected chi connectivity index (χ1v) is 5.93. The average Bonchev–Trinajstić information content (AvgIpc) is 2.98. The van der Waals surface area contributed by atoms with Crippen molar-refractivity contribution in [3.05, 3.63) is 35.6 Å². The average molecular weight is 291 g/mol. The number of aromatic nitrogens is 1. The Morgan fingerprint density at radius 2 is 1.62 bits per heavy atom. The first-order chi connectivity index (χ1) is 10.1. The van der Waals surface area contributed by atoms with E-state index in [0.717, 1.165) is 0 Å². The fraction of sp³-hybridized carbons (Fsp3) is 0.214. The molecular weight excluding hydrogens is 278 g/mol. The van der Waals surface area contributed by atoms with Crippen molar-refractivity contribution in [2.24, 2.45) is 0 Å². The molecule has 0 radical (unpaired) electrons. The second-order valence-corrected chi connectivity index (χ2v) is 3.95. The molecule has 1 aromatic heterocycles. The molecule has 7 nitrogen and oxygen atoms in total. The van der Waals surface area contributed by atoms with Crippen LogP contribution in [0.5, 0.6) is 5.75 Å². The number of carbonyl (C=O) groups excluding carboxylic acids is 2. The van der Waals surface area contributed by atoms with E-state index in [1.807, 2.05) is 0 Å². The van der Waals surface area contributed by atoms with Gasteiger partial charge in [0.2, 0.25) is 0 Å².